The first kappa shape index (κ1) is 18.2. The Balaban J connectivity index is 1.65. The Labute approximate surface area is 162 Å². The summed E-state index contributed by atoms with van der Waals surface area (Å²) in [5.41, 5.74) is 2.08. The first-order valence-corrected chi connectivity index (χ1v) is 9.53. The summed E-state index contributed by atoms with van der Waals surface area (Å²) in [5.74, 6) is -1.33. The number of thiol groups is 1. The maximum atomic E-state index is 14.7. The SMILES string of the molecule is Fc1cc(-c2ccc(S)cc2)ccc1-c1cc(F)c(CC2CCC2)c(F)c1. The van der Waals surface area contributed by atoms with Crippen LogP contribution in [0.1, 0.15) is 24.8 Å². The van der Waals surface area contributed by atoms with Gasteiger partial charge in [-0.1, -0.05) is 43.5 Å². The van der Waals surface area contributed by atoms with Gasteiger partial charge in [-0.3, -0.25) is 0 Å². The van der Waals surface area contributed by atoms with Gasteiger partial charge in [0.15, 0.2) is 0 Å². The summed E-state index contributed by atoms with van der Waals surface area (Å²) in [4.78, 5) is 0.823. The summed E-state index contributed by atoms with van der Waals surface area (Å²) in [6, 6.07) is 14.6. The molecule has 27 heavy (non-hydrogen) atoms. The average Bonchev–Trinajstić information content (AvgIpc) is 2.60. The zero-order chi connectivity index (χ0) is 19.0. The molecule has 0 N–H and O–H groups in total. The van der Waals surface area contributed by atoms with Crippen molar-refractivity contribution in [2.75, 3.05) is 0 Å². The van der Waals surface area contributed by atoms with Crippen molar-refractivity contribution in [1.29, 1.82) is 0 Å². The van der Waals surface area contributed by atoms with Crippen LogP contribution in [0, 0.1) is 23.4 Å². The van der Waals surface area contributed by atoms with Gasteiger partial charge in [-0.15, -0.1) is 12.6 Å². The summed E-state index contributed by atoms with van der Waals surface area (Å²) < 4.78 is 43.6. The first-order chi connectivity index (χ1) is 13.0. The maximum Gasteiger partial charge on any atom is 0.131 e. The highest BCUT2D eigenvalue weighted by Crippen LogP contribution is 2.34. The van der Waals surface area contributed by atoms with Gasteiger partial charge in [0.2, 0.25) is 0 Å². The summed E-state index contributed by atoms with van der Waals surface area (Å²) >= 11 is 4.24. The molecular weight excluding hydrogens is 365 g/mol. The molecular formula is C23H19F3S. The predicted octanol–water partition coefficient (Wildman–Crippen LogP) is 7.07. The van der Waals surface area contributed by atoms with Crippen LogP contribution in [-0.4, -0.2) is 0 Å². The minimum absolute atomic E-state index is 0.118. The lowest BCUT2D eigenvalue weighted by Gasteiger charge is -2.25. The van der Waals surface area contributed by atoms with Gasteiger partial charge in [0.1, 0.15) is 17.5 Å². The minimum Gasteiger partial charge on any atom is -0.207 e. The maximum absolute atomic E-state index is 14.7. The van der Waals surface area contributed by atoms with Gasteiger partial charge in [0, 0.05) is 16.0 Å². The van der Waals surface area contributed by atoms with Crippen molar-refractivity contribution in [3.05, 3.63) is 77.6 Å². The molecule has 0 amide bonds. The second-order valence-corrected chi connectivity index (χ2v) is 7.68. The Morgan fingerprint density at radius 2 is 1.33 bits per heavy atom. The van der Waals surface area contributed by atoms with Crippen LogP contribution in [0.15, 0.2) is 59.5 Å². The van der Waals surface area contributed by atoms with Crippen molar-refractivity contribution < 1.29 is 13.2 Å². The number of rotatable bonds is 4. The van der Waals surface area contributed by atoms with Gasteiger partial charge >= 0.3 is 0 Å². The standard InChI is InChI=1S/C23H19F3S/c24-21-11-16(15-4-7-18(27)8-5-15)6-9-19(21)17-12-22(25)20(23(26)13-17)10-14-2-1-3-14/h4-9,11-14,27H,1-3,10H2. The van der Waals surface area contributed by atoms with Crippen LogP contribution in [0.4, 0.5) is 13.2 Å². The molecule has 0 aliphatic heterocycles. The second-order valence-electron chi connectivity index (χ2n) is 7.16. The fraction of sp³-hybridized carbons (Fsp3) is 0.217. The number of hydrogen-bond donors (Lipinski definition) is 1. The van der Waals surface area contributed by atoms with Crippen molar-refractivity contribution in [2.45, 2.75) is 30.6 Å². The molecule has 0 nitrogen and oxygen atoms in total. The summed E-state index contributed by atoms with van der Waals surface area (Å²) in [6.07, 6.45) is 3.58. The molecule has 1 aliphatic carbocycles. The molecule has 3 aromatic carbocycles. The predicted molar refractivity (Wildman–Crippen MR) is 105 cm³/mol. The fourth-order valence-electron chi connectivity index (χ4n) is 3.52. The van der Waals surface area contributed by atoms with Gasteiger partial charge < -0.3 is 0 Å². The van der Waals surface area contributed by atoms with Gasteiger partial charge in [0.05, 0.1) is 0 Å². The normalized spacial score (nSPS) is 14.2. The molecule has 0 atom stereocenters. The Kier molecular flexibility index (Phi) is 5.00. The number of halogens is 3. The van der Waals surface area contributed by atoms with Crippen molar-refractivity contribution >= 4 is 12.6 Å². The fourth-order valence-corrected chi connectivity index (χ4v) is 3.67. The van der Waals surface area contributed by atoms with Gasteiger partial charge in [-0.2, -0.15) is 0 Å². The highest BCUT2D eigenvalue weighted by Gasteiger charge is 2.22. The van der Waals surface area contributed by atoms with Crippen LogP contribution in [0.5, 0.6) is 0 Å². The smallest absolute Gasteiger partial charge is 0.131 e. The minimum atomic E-state index is -0.593. The molecule has 0 radical (unpaired) electrons. The third kappa shape index (κ3) is 3.77. The lowest BCUT2D eigenvalue weighted by atomic mass is 9.80. The summed E-state index contributed by atoms with van der Waals surface area (Å²) in [7, 11) is 0. The Hall–Kier alpha value is -2.20. The van der Waals surface area contributed by atoms with E-state index in [4.69, 9.17) is 0 Å². The third-order valence-electron chi connectivity index (χ3n) is 5.34. The van der Waals surface area contributed by atoms with Crippen molar-refractivity contribution in [1.82, 2.24) is 0 Å². The molecule has 0 spiro atoms. The zero-order valence-corrected chi connectivity index (χ0v) is 15.6. The Bertz CT molecular complexity index is 952. The van der Waals surface area contributed by atoms with E-state index in [0.29, 0.717) is 17.9 Å². The third-order valence-corrected chi connectivity index (χ3v) is 5.64. The molecule has 138 valence electrons. The van der Waals surface area contributed by atoms with Crippen LogP contribution < -0.4 is 0 Å². The molecule has 1 saturated carbocycles. The van der Waals surface area contributed by atoms with Crippen LogP contribution in [0.25, 0.3) is 22.3 Å². The van der Waals surface area contributed by atoms with Crippen LogP contribution in [-0.2, 0) is 6.42 Å². The zero-order valence-electron chi connectivity index (χ0n) is 14.7. The molecule has 4 heteroatoms. The number of benzene rings is 3. The Morgan fingerprint density at radius 3 is 1.89 bits per heavy atom. The molecule has 0 heterocycles. The molecule has 3 aromatic rings. The van der Waals surface area contributed by atoms with Crippen LogP contribution >= 0.6 is 12.6 Å². The topological polar surface area (TPSA) is 0 Å². The van der Waals surface area contributed by atoms with E-state index < -0.39 is 17.5 Å². The lowest BCUT2D eigenvalue weighted by Crippen LogP contribution is -2.15. The van der Waals surface area contributed by atoms with Crippen molar-refractivity contribution in [2.24, 2.45) is 5.92 Å². The second kappa shape index (κ2) is 7.43. The molecule has 1 aliphatic rings. The van der Waals surface area contributed by atoms with Crippen molar-refractivity contribution in [3.63, 3.8) is 0 Å². The van der Waals surface area contributed by atoms with E-state index in [-0.39, 0.29) is 16.7 Å². The molecule has 0 saturated heterocycles. The van der Waals surface area contributed by atoms with E-state index >= 15 is 0 Å². The van der Waals surface area contributed by atoms with Crippen LogP contribution in [0.2, 0.25) is 0 Å². The van der Waals surface area contributed by atoms with E-state index in [2.05, 4.69) is 12.6 Å². The van der Waals surface area contributed by atoms with E-state index in [1.165, 1.54) is 18.2 Å². The van der Waals surface area contributed by atoms with E-state index in [9.17, 15) is 13.2 Å². The van der Waals surface area contributed by atoms with Gasteiger partial charge in [-0.25, -0.2) is 13.2 Å². The Morgan fingerprint density at radius 1 is 0.741 bits per heavy atom. The quantitative estimate of drug-likeness (QED) is 0.457. The highest BCUT2D eigenvalue weighted by molar-refractivity contribution is 7.80. The average molecular weight is 384 g/mol. The van der Waals surface area contributed by atoms with Crippen molar-refractivity contribution in [3.8, 4) is 22.3 Å². The highest BCUT2D eigenvalue weighted by atomic mass is 32.1. The van der Waals surface area contributed by atoms with E-state index in [1.807, 2.05) is 24.3 Å². The monoisotopic (exact) mass is 384 g/mol. The molecule has 4 rings (SSSR count). The van der Waals surface area contributed by atoms with Gasteiger partial charge in [-0.05, 0) is 59.4 Å². The largest absolute Gasteiger partial charge is 0.207 e. The first-order valence-electron chi connectivity index (χ1n) is 9.08. The van der Waals surface area contributed by atoms with E-state index in [0.717, 1.165) is 29.7 Å². The van der Waals surface area contributed by atoms with Crippen LogP contribution in [0.3, 0.4) is 0 Å². The van der Waals surface area contributed by atoms with Gasteiger partial charge in [0.25, 0.3) is 0 Å². The molecule has 0 unspecified atom stereocenters. The molecule has 0 aromatic heterocycles. The summed E-state index contributed by atoms with van der Waals surface area (Å²) in [6.45, 7) is 0. The molecule has 1 fully saturated rings. The summed E-state index contributed by atoms with van der Waals surface area (Å²) in [5, 5.41) is 0. The van der Waals surface area contributed by atoms with E-state index in [1.54, 1.807) is 12.1 Å². The number of hydrogen-bond acceptors (Lipinski definition) is 1. The molecule has 0 bridgehead atoms. The lowest BCUT2D eigenvalue weighted by molar-refractivity contribution is 0.307.